The molecule has 2 N–H and O–H groups in total. The molecular formula is C13H16N2O4S. The topological polar surface area (TPSA) is 86.7 Å². The van der Waals surface area contributed by atoms with E-state index in [0.29, 0.717) is 0 Å². The van der Waals surface area contributed by atoms with E-state index in [0.717, 1.165) is 0 Å². The molecule has 0 fully saturated rings. The van der Waals surface area contributed by atoms with Gasteiger partial charge in [0, 0.05) is 6.54 Å². The molecule has 0 bridgehead atoms. The molecule has 0 amide bonds. The quantitative estimate of drug-likeness (QED) is 0.716. The zero-order valence-electron chi connectivity index (χ0n) is 11.0. The highest BCUT2D eigenvalue weighted by atomic mass is 32.2. The maximum atomic E-state index is 12.1. The smallest absolute Gasteiger partial charge is 0.323 e. The van der Waals surface area contributed by atoms with Gasteiger partial charge in [-0.15, -0.1) is 6.42 Å². The van der Waals surface area contributed by atoms with E-state index in [-0.39, 0.29) is 30.2 Å². The van der Waals surface area contributed by atoms with Crippen LogP contribution in [0.1, 0.15) is 6.92 Å². The molecule has 7 heteroatoms. The number of carbonyl (C=O) groups is 1. The Morgan fingerprint density at radius 1 is 1.45 bits per heavy atom. The number of carboxylic acid groups (broad SMARTS) is 1. The molecule has 0 spiro atoms. The predicted molar refractivity (Wildman–Crippen MR) is 76.0 cm³/mol. The fourth-order valence-electron chi connectivity index (χ4n) is 1.71. The van der Waals surface area contributed by atoms with E-state index in [1.54, 1.807) is 19.1 Å². The zero-order chi connectivity index (χ0) is 15.2. The molecule has 0 aliphatic carbocycles. The van der Waals surface area contributed by atoms with Crippen LogP contribution in [0.15, 0.2) is 29.2 Å². The van der Waals surface area contributed by atoms with Crippen molar-refractivity contribution in [3.05, 3.63) is 24.3 Å². The minimum atomic E-state index is -3.69. The Kier molecular flexibility index (Phi) is 5.55. The summed E-state index contributed by atoms with van der Waals surface area (Å²) in [5.41, 5.74) is 0.272. The van der Waals surface area contributed by atoms with Gasteiger partial charge in [0.15, 0.2) is 0 Å². The van der Waals surface area contributed by atoms with Crippen molar-refractivity contribution in [2.75, 3.05) is 24.5 Å². The maximum absolute atomic E-state index is 12.1. The number of sulfonamides is 1. The van der Waals surface area contributed by atoms with Gasteiger partial charge < -0.3 is 10.0 Å². The fraction of sp³-hybridized carbons (Fsp3) is 0.308. The predicted octanol–water partition coefficient (Wildman–Crippen LogP) is 0.509. The first-order valence-electron chi connectivity index (χ1n) is 5.91. The van der Waals surface area contributed by atoms with Gasteiger partial charge in [-0.25, -0.2) is 13.1 Å². The molecule has 0 radical (unpaired) electrons. The number of hydrogen-bond donors (Lipinski definition) is 2. The summed E-state index contributed by atoms with van der Waals surface area (Å²) in [6.45, 7) is 1.54. The molecule has 1 aromatic rings. The summed E-state index contributed by atoms with van der Waals surface area (Å²) in [5.74, 6) is 1.24. The van der Waals surface area contributed by atoms with Gasteiger partial charge in [-0.05, 0) is 12.1 Å². The number of carboxylic acids is 1. The van der Waals surface area contributed by atoms with E-state index in [4.69, 9.17) is 11.5 Å². The van der Waals surface area contributed by atoms with E-state index in [1.165, 1.54) is 17.0 Å². The average Bonchev–Trinajstić information content (AvgIpc) is 2.38. The molecule has 1 rings (SSSR count). The molecule has 6 nitrogen and oxygen atoms in total. The Bertz CT molecular complexity index is 620. The van der Waals surface area contributed by atoms with Crippen LogP contribution in [-0.4, -0.2) is 39.1 Å². The monoisotopic (exact) mass is 296 g/mol. The number of nitrogens with zero attached hydrogens (tertiary/aromatic N) is 1. The average molecular weight is 296 g/mol. The molecule has 0 saturated heterocycles. The Hall–Kier alpha value is -2.04. The van der Waals surface area contributed by atoms with Crippen LogP contribution < -0.4 is 9.62 Å². The number of hydrogen-bond acceptors (Lipinski definition) is 4. The van der Waals surface area contributed by atoms with E-state index < -0.39 is 16.0 Å². The first-order chi connectivity index (χ1) is 9.42. The summed E-state index contributed by atoms with van der Waals surface area (Å²) in [4.78, 5) is 12.2. The fourth-order valence-corrected chi connectivity index (χ4v) is 2.98. The van der Waals surface area contributed by atoms with Crippen LogP contribution in [0, 0.1) is 12.3 Å². The van der Waals surface area contributed by atoms with Gasteiger partial charge in [-0.2, -0.15) is 0 Å². The third-order valence-electron chi connectivity index (χ3n) is 2.44. The van der Waals surface area contributed by atoms with Crippen LogP contribution in [0.25, 0.3) is 0 Å². The largest absolute Gasteiger partial charge is 0.480 e. The number of para-hydroxylation sites is 1. The van der Waals surface area contributed by atoms with Crippen LogP contribution in [0.3, 0.4) is 0 Å². The second kappa shape index (κ2) is 6.93. The van der Waals surface area contributed by atoms with Crippen molar-refractivity contribution in [2.45, 2.75) is 11.8 Å². The van der Waals surface area contributed by atoms with Crippen LogP contribution in [0.5, 0.6) is 0 Å². The summed E-state index contributed by atoms with van der Waals surface area (Å²) in [7, 11) is -3.69. The van der Waals surface area contributed by atoms with Crippen LogP contribution >= 0.6 is 0 Å². The summed E-state index contributed by atoms with van der Waals surface area (Å²) in [6.07, 6.45) is 5.21. The lowest BCUT2D eigenvalue weighted by Gasteiger charge is -2.23. The Morgan fingerprint density at radius 2 is 2.10 bits per heavy atom. The lowest BCUT2D eigenvalue weighted by Crippen LogP contribution is -2.33. The Labute approximate surface area is 118 Å². The molecule has 0 saturated carbocycles. The first-order valence-corrected chi connectivity index (χ1v) is 7.39. The molecule has 0 aliphatic heterocycles. The van der Waals surface area contributed by atoms with Crippen molar-refractivity contribution in [3.63, 3.8) is 0 Å². The number of terminal acetylenes is 1. The highest BCUT2D eigenvalue weighted by Crippen LogP contribution is 2.24. The summed E-state index contributed by atoms with van der Waals surface area (Å²) < 4.78 is 26.6. The van der Waals surface area contributed by atoms with Crippen molar-refractivity contribution in [1.29, 1.82) is 0 Å². The van der Waals surface area contributed by atoms with Crippen molar-refractivity contribution >= 4 is 21.7 Å². The van der Waals surface area contributed by atoms with Gasteiger partial charge in [0.25, 0.3) is 0 Å². The standard InChI is InChI=1S/C13H16N2O4S/c1-3-9-15(10-13(16)17)11-7-5-6-8-12(11)20(18,19)14-4-2/h1,5-8,14H,4,9-10H2,2H3,(H,16,17). The molecule has 0 heterocycles. The van der Waals surface area contributed by atoms with Crippen molar-refractivity contribution < 1.29 is 18.3 Å². The van der Waals surface area contributed by atoms with Gasteiger partial charge in [0.05, 0.1) is 12.2 Å². The van der Waals surface area contributed by atoms with Crippen molar-refractivity contribution in [2.24, 2.45) is 0 Å². The molecular weight excluding hydrogens is 280 g/mol. The number of nitrogens with one attached hydrogen (secondary N) is 1. The first kappa shape index (κ1) is 16.0. The van der Waals surface area contributed by atoms with Gasteiger partial charge in [0.1, 0.15) is 11.4 Å². The Balaban J connectivity index is 3.30. The van der Waals surface area contributed by atoms with Crippen LogP contribution in [0.2, 0.25) is 0 Å². The second-order valence-corrected chi connectivity index (χ2v) is 5.66. The van der Waals surface area contributed by atoms with Crippen molar-refractivity contribution in [3.8, 4) is 12.3 Å². The van der Waals surface area contributed by atoms with Gasteiger partial charge in [-0.1, -0.05) is 25.0 Å². The van der Waals surface area contributed by atoms with Gasteiger partial charge in [0.2, 0.25) is 10.0 Å². The lowest BCUT2D eigenvalue weighted by molar-refractivity contribution is -0.135. The molecule has 0 aromatic heterocycles. The minimum Gasteiger partial charge on any atom is -0.480 e. The summed E-state index contributed by atoms with van der Waals surface area (Å²) in [5, 5.41) is 8.89. The van der Waals surface area contributed by atoms with E-state index in [2.05, 4.69) is 10.6 Å². The van der Waals surface area contributed by atoms with Crippen LogP contribution in [-0.2, 0) is 14.8 Å². The number of rotatable bonds is 7. The highest BCUT2D eigenvalue weighted by Gasteiger charge is 2.21. The van der Waals surface area contributed by atoms with Gasteiger partial charge >= 0.3 is 5.97 Å². The molecule has 0 atom stereocenters. The number of aliphatic carboxylic acids is 1. The van der Waals surface area contributed by atoms with E-state index >= 15 is 0 Å². The Morgan fingerprint density at radius 3 is 2.65 bits per heavy atom. The highest BCUT2D eigenvalue weighted by molar-refractivity contribution is 7.89. The summed E-state index contributed by atoms with van der Waals surface area (Å²) >= 11 is 0. The summed E-state index contributed by atoms with van der Waals surface area (Å²) in [6, 6.07) is 6.15. The zero-order valence-corrected chi connectivity index (χ0v) is 11.9. The maximum Gasteiger partial charge on any atom is 0.323 e. The normalized spacial score (nSPS) is 10.8. The van der Waals surface area contributed by atoms with E-state index in [1.807, 2.05) is 0 Å². The minimum absolute atomic E-state index is 0.00492. The molecule has 20 heavy (non-hydrogen) atoms. The van der Waals surface area contributed by atoms with Crippen LogP contribution in [0.4, 0.5) is 5.69 Å². The molecule has 108 valence electrons. The van der Waals surface area contributed by atoms with Crippen molar-refractivity contribution in [1.82, 2.24) is 4.72 Å². The lowest BCUT2D eigenvalue weighted by atomic mass is 10.3. The molecule has 0 unspecified atom stereocenters. The molecule has 0 aliphatic rings. The van der Waals surface area contributed by atoms with E-state index in [9.17, 15) is 13.2 Å². The second-order valence-electron chi connectivity index (χ2n) is 3.92. The van der Waals surface area contributed by atoms with Gasteiger partial charge in [-0.3, -0.25) is 4.79 Å². The molecule has 1 aromatic carbocycles. The SMILES string of the molecule is C#CCN(CC(=O)O)c1ccccc1S(=O)(=O)NCC. The third kappa shape index (κ3) is 3.98. The third-order valence-corrected chi connectivity index (χ3v) is 4.03. The number of anilines is 1. The number of benzene rings is 1.